The van der Waals surface area contributed by atoms with Crippen molar-refractivity contribution in [3.05, 3.63) is 59.7 Å². The van der Waals surface area contributed by atoms with Gasteiger partial charge in [-0.1, -0.05) is 30.3 Å². The summed E-state index contributed by atoms with van der Waals surface area (Å²) in [5.41, 5.74) is 2.63. The van der Waals surface area contributed by atoms with E-state index in [1.807, 2.05) is 30.3 Å². The van der Waals surface area contributed by atoms with Crippen molar-refractivity contribution in [2.45, 2.75) is 19.5 Å². The third kappa shape index (κ3) is 2.83. The number of ketones is 1. The largest absolute Gasteiger partial charge is 0.489 e. The van der Waals surface area contributed by atoms with Crippen LogP contribution in [0.5, 0.6) is 5.75 Å². The number of hydrogen-bond acceptors (Lipinski definition) is 4. The number of benzene rings is 2. The van der Waals surface area contributed by atoms with Gasteiger partial charge in [-0.25, -0.2) is 0 Å². The highest BCUT2D eigenvalue weighted by molar-refractivity contribution is 5.98. The van der Waals surface area contributed by atoms with Gasteiger partial charge in [0.15, 0.2) is 5.78 Å². The number of carbonyl (C=O) groups is 1. The number of hydrogen-bond donors (Lipinski definition) is 1. The molecule has 0 aliphatic carbocycles. The van der Waals surface area contributed by atoms with Crippen LogP contribution in [0, 0.1) is 0 Å². The predicted molar refractivity (Wildman–Crippen MR) is 85.4 cm³/mol. The third-order valence-corrected chi connectivity index (χ3v) is 3.94. The molecule has 1 N–H and O–H groups in total. The predicted octanol–water partition coefficient (Wildman–Crippen LogP) is 2.65. The van der Waals surface area contributed by atoms with E-state index in [2.05, 4.69) is 24.0 Å². The fourth-order valence-electron chi connectivity index (χ4n) is 2.69. The molecule has 1 heterocycles. The molecular weight excluding hydrogens is 278 g/mol. The molecule has 1 aliphatic rings. The van der Waals surface area contributed by atoms with Crippen molar-refractivity contribution in [1.29, 1.82) is 0 Å². The normalized spacial score (nSPS) is 16.8. The van der Waals surface area contributed by atoms with E-state index in [-0.39, 0.29) is 11.8 Å². The van der Waals surface area contributed by atoms with Crippen molar-refractivity contribution >= 4 is 11.5 Å². The van der Waals surface area contributed by atoms with Gasteiger partial charge < -0.3 is 14.7 Å². The molecule has 0 fully saturated rings. The fourth-order valence-corrected chi connectivity index (χ4v) is 2.69. The summed E-state index contributed by atoms with van der Waals surface area (Å²) in [6.07, 6.45) is 0. The number of Topliss-reactive ketones (excluding diaryl/α,β-unsaturated/α-hetero) is 1. The molecule has 0 spiro atoms. The number of rotatable bonds is 4. The number of nitrogens with zero attached hydrogens (tertiary/aromatic N) is 1. The minimum atomic E-state index is -0.478. The maximum Gasteiger partial charge on any atom is 0.188 e. The topological polar surface area (TPSA) is 49.8 Å². The molecule has 0 aromatic heterocycles. The first-order valence-electron chi connectivity index (χ1n) is 7.40. The molecule has 2 aromatic carbocycles. The second-order valence-corrected chi connectivity index (χ2v) is 5.54. The summed E-state index contributed by atoms with van der Waals surface area (Å²) in [7, 11) is 0. The van der Waals surface area contributed by atoms with Gasteiger partial charge in [-0.15, -0.1) is 0 Å². The average molecular weight is 297 g/mol. The molecule has 1 aliphatic heterocycles. The Morgan fingerprint density at radius 1 is 1.27 bits per heavy atom. The summed E-state index contributed by atoms with van der Waals surface area (Å²) in [4.78, 5) is 14.0. The van der Waals surface area contributed by atoms with Crippen LogP contribution in [0.25, 0.3) is 0 Å². The fraction of sp³-hybridized carbons (Fsp3) is 0.278. The van der Waals surface area contributed by atoms with Crippen LogP contribution in [0.15, 0.2) is 48.5 Å². The second kappa shape index (κ2) is 6.20. The van der Waals surface area contributed by atoms with Gasteiger partial charge in [-0.2, -0.15) is 0 Å². The Morgan fingerprint density at radius 3 is 2.77 bits per heavy atom. The van der Waals surface area contributed by atoms with Gasteiger partial charge >= 0.3 is 0 Å². The van der Waals surface area contributed by atoms with Crippen molar-refractivity contribution in [3.8, 4) is 5.75 Å². The zero-order valence-corrected chi connectivity index (χ0v) is 12.5. The second-order valence-electron chi connectivity index (χ2n) is 5.54. The van der Waals surface area contributed by atoms with Crippen molar-refractivity contribution in [3.63, 3.8) is 0 Å². The Bertz CT molecular complexity index is 669. The Hall–Kier alpha value is -2.33. The lowest BCUT2D eigenvalue weighted by Crippen LogP contribution is -2.40. The molecule has 114 valence electrons. The maximum atomic E-state index is 11.7. The highest BCUT2D eigenvalue weighted by atomic mass is 16.5. The van der Waals surface area contributed by atoms with Crippen LogP contribution in [0.1, 0.15) is 22.8 Å². The first-order valence-corrected chi connectivity index (χ1v) is 7.40. The number of fused-ring (bicyclic) bond motifs is 1. The van der Waals surface area contributed by atoms with Crippen LogP contribution < -0.4 is 9.64 Å². The highest BCUT2D eigenvalue weighted by Gasteiger charge is 2.25. The minimum Gasteiger partial charge on any atom is -0.489 e. The van der Waals surface area contributed by atoms with E-state index in [1.165, 1.54) is 5.56 Å². The molecule has 0 saturated carbocycles. The Morgan fingerprint density at radius 2 is 2.05 bits per heavy atom. The van der Waals surface area contributed by atoms with Crippen molar-refractivity contribution in [2.24, 2.45) is 0 Å². The molecule has 4 heteroatoms. The molecule has 2 aromatic rings. The number of ether oxygens (including phenoxy) is 1. The minimum absolute atomic E-state index is 0.215. The quantitative estimate of drug-likeness (QED) is 0.882. The molecule has 0 bridgehead atoms. The van der Waals surface area contributed by atoms with Crippen LogP contribution >= 0.6 is 0 Å². The molecule has 0 radical (unpaired) electrons. The van der Waals surface area contributed by atoms with Crippen molar-refractivity contribution in [1.82, 2.24) is 0 Å². The molecule has 3 rings (SSSR count). The van der Waals surface area contributed by atoms with E-state index in [9.17, 15) is 4.79 Å². The van der Waals surface area contributed by atoms with E-state index < -0.39 is 6.61 Å². The zero-order chi connectivity index (χ0) is 15.5. The van der Waals surface area contributed by atoms with Gasteiger partial charge in [0.1, 0.15) is 19.0 Å². The molecule has 1 atom stereocenters. The number of aliphatic hydroxyl groups excluding tert-OH is 1. The van der Waals surface area contributed by atoms with Gasteiger partial charge in [0.05, 0.1) is 11.7 Å². The molecule has 22 heavy (non-hydrogen) atoms. The van der Waals surface area contributed by atoms with Crippen LogP contribution in [0.4, 0.5) is 5.69 Å². The van der Waals surface area contributed by atoms with E-state index in [0.29, 0.717) is 12.2 Å². The molecule has 0 saturated heterocycles. The smallest absolute Gasteiger partial charge is 0.188 e. The SMILES string of the molecule is CC1COc2ccc(C(=O)CO)cc2N1Cc1ccccc1. The molecule has 0 amide bonds. The lowest BCUT2D eigenvalue weighted by molar-refractivity contribution is 0.0903. The monoisotopic (exact) mass is 297 g/mol. The summed E-state index contributed by atoms with van der Waals surface area (Å²) in [6.45, 7) is 3.00. The zero-order valence-electron chi connectivity index (χ0n) is 12.5. The third-order valence-electron chi connectivity index (χ3n) is 3.94. The highest BCUT2D eigenvalue weighted by Crippen LogP contribution is 2.35. The lowest BCUT2D eigenvalue weighted by atomic mass is 10.1. The van der Waals surface area contributed by atoms with Crippen LogP contribution in [0.3, 0.4) is 0 Å². The van der Waals surface area contributed by atoms with Crippen LogP contribution in [-0.4, -0.2) is 30.1 Å². The van der Waals surface area contributed by atoms with Crippen molar-refractivity contribution < 1.29 is 14.6 Å². The van der Waals surface area contributed by atoms with Gasteiger partial charge in [-0.05, 0) is 30.7 Å². The number of anilines is 1. The van der Waals surface area contributed by atoms with Gasteiger partial charge in [-0.3, -0.25) is 4.79 Å². The van der Waals surface area contributed by atoms with Gasteiger partial charge in [0.25, 0.3) is 0 Å². The van der Waals surface area contributed by atoms with E-state index >= 15 is 0 Å². The van der Waals surface area contributed by atoms with Gasteiger partial charge in [0.2, 0.25) is 0 Å². The number of aliphatic hydroxyl groups is 1. The summed E-state index contributed by atoms with van der Waals surface area (Å²) >= 11 is 0. The maximum absolute atomic E-state index is 11.7. The summed E-state index contributed by atoms with van der Waals surface area (Å²) < 4.78 is 5.76. The Labute approximate surface area is 130 Å². The summed E-state index contributed by atoms with van der Waals surface area (Å²) in [6, 6.07) is 15.8. The van der Waals surface area contributed by atoms with Crippen LogP contribution in [-0.2, 0) is 6.54 Å². The van der Waals surface area contributed by atoms with E-state index in [4.69, 9.17) is 9.84 Å². The van der Waals surface area contributed by atoms with Crippen molar-refractivity contribution in [2.75, 3.05) is 18.1 Å². The van der Waals surface area contributed by atoms with Crippen LogP contribution in [0.2, 0.25) is 0 Å². The standard InChI is InChI=1S/C18H19NO3/c1-13-12-22-18-8-7-15(17(21)11-20)9-16(18)19(13)10-14-5-3-2-4-6-14/h2-9,13,20H,10-12H2,1H3. The van der Waals surface area contributed by atoms with E-state index in [0.717, 1.165) is 18.0 Å². The van der Waals surface area contributed by atoms with Gasteiger partial charge in [0, 0.05) is 12.1 Å². The summed E-state index contributed by atoms with van der Waals surface area (Å²) in [5, 5.41) is 9.05. The first kappa shape index (κ1) is 14.6. The Kier molecular flexibility index (Phi) is 4.11. The van der Waals surface area contributed by atoms with E-state index in [1.54, 1.807) is 6.07 Å². The Balaban J connectivity index is 1.96. The first-order chi connectivity index (χ1) is 10.7. The number of carbonyl (C=O) groups excluding carboxylic acids is 1. The molecular formula is C18H19NO3. The summed E-state index contributed by atoms with van der Waals surface area (Å²) in [5.74, 6) is 0.504. The average Bonchev–Trinajstić information content (AvgIpc) is 2.57. The molecule has 1 unspecified atom stereocenters. The lowest BCUT2D eigenvalue weighted by Gasteiger charge is -2.37. The molecule has 4 nitrogen and oxygen atoms in total.